The van der Waals surface area contributed by atoms with Crippen molar-refractivity contribution in [3.8, 4) is 0 Å². The zero-order valence-electron chi connectivity index (χ0n) is 11.5. The lowest BCUT2D eigenvalue weighted by Gasteiger charge is -2.38. The molecular weight excluding hydrogens is 248 g/mol. The summed E-state index contributed by atoms with van der Waals surface area (Å²) in [7, 11) is 4.89. The summed E-state index contributed by atoms with van der Waals surface area (Å²) in [5.74, 6) is -0.421. The molecule has 2 unspecified atom stereocenters. The van der Waals surface area contributed by atoms with Gasteiger partial charge in [-0.1, -0.05) is 0 Å². The van der Waals surface area contributed by atoms with Crippen molar-refractivity contribution in [2.24, 2.45) is 0 Å². The average molecular weight is 268 g/mol. The van der Waals surface area contributed by atoms with Gasteiger partial charge in [-0.05, 0) is 0 Å². The van der Waals surface area contributed by atoms with E-state index in [1.165, 1.54) is 11.9 Å². The third-order valence-corrected chi connectivity index (χ3v) is 3.77. The third kappa shape index (κ3) is 2.48. The molecule has 19 heavy (non-hydrogen) atoms. The smallest absolute Gasteiger partial charge is 0.246 e. The summed E-state index contributed by atoms with van der Waals surface area (Å²) in [6.07, 6.45) is 0.173. The predicted molar refractivity (Wildman–Crippen MR) is 68.2 cm³/mol. The summed E-state index contributed by atoms with van der Waals surface area (Å²) in [5, 5.41) is 3.16. The molecule has 2 heterocycles. The Morgan fingerprint density at radius 2 is 2.05 bits per heavy atom. The highest BCUT2D eigenvalue weighted by atomic mass is 16.2. The Balaban J connectivity index is 2.19. The van der Waals surface area contributed by atoms with Gasteiger partial charge in [0.2, 0.25) is 17.7 Å². The Labute approximate surface area is 112 Å². The Morgan fingerprint density at radius 1 is 1.37 bits per heavy atom. The molecule has 1 N–H and O–H groups in total. The minimum Gasteiger partial charge on any atom is -0.347 e. The van der Waals surface area contributed by atoms with Crippen LogP contribution in [0.2, 0.25) is 0 Å². The molecule has 0 bridgehead atoms. The van der Waals surface area contributed by atoms with Gasteiger partial charge in [0.25, 0.3) is 0 Å². The van der Waals surface area contributed by atoms with Crippen molar-refractivity contribution < 1.29 is 14.4 Å². The third-order valence-electron chi connectivity index (χ3n) is 3.77. The van der Waals surface area contributed by atoms with Gasteiger partial charge in [-0.2, -0.15) is 0 Å². The van der Waals surface area contributed by atoms with Gasteiger partial charge in [0.15, 0.2) is 0 Å². The van der Waals surface area contributed by atoms with Crippen LogP contribution in [0.15, 0.2) is 0 Å². The monoisotopic (exact) mass is 268 g/mol. The van der Waals surface area contributed by atoms with Crippen LogP contribution in [0.4, 0.5) is 0 Å². The number of likely N-dealkylation sites (tertiary alicyclic amines) is 1. The van der Waals surface area contributed by atoms with E-state index >= 15 is 0 Å². The summed E-state index contributed by atoms with van der Waals surface area (Å²) in [6.45, 7) is 1.83. The molecule has 2 aliphatic rings. The molecular formula is C12H20N4O3. The normalized spacial score (nSPS) is 28.9. The summed E-state index contributed by atoms with van der Waals surface area (Å²) in [6, 6.07) is -0.870. The molecule has 2 fully saturated rings. The molecule has 3 amide bonds. The first-order valence-corrected chi connectivity index (χ1v) is 6.41. The number of nitrogens with zero attached hydrogens (tertiary/aromatic N) is 3. The first kappa shape index (κ1) is 14.0. The number of carbonyl (C=O) groups excluding carboxylic acids is 3. The number of hydrogen-bond donors (Lipinski definition) is 1. The fourth-order valence-corrected chi connectivity index (χ4v) is 2.62. The minimum atomic E-state index is -0.492. The molecule has 0 radical (unpaired) electrons. The number of amides is 3. The van der Waals surface area contributed by atoms with Crippen LogP contribution in [-0.2, 0) is 14.4 Å². The number of imide groups is 1. The van der Waals surface area contributed by atoms with Crippen LogP contribution < -0.4 is 5.32 Å². The number of nitrogens with one attached hydrogen (secondary N) is 1. The summed E-state index contributed by atoms with van der Waals surface area (Å²) < 4.78 is 0. The maximum Gasteiger partial charge on any atom is 0.246 e. The fourth-order valence-electron chi connectivity index (χ4n) is 2.62. The van der Waals surface area contributed by atoms with E-state index in [1.807, 2.05) is 4.90 Å². The Kier molecular flexibility index (Phi) is 3.86. The Morgan fingerprint density at radius 3 is 2.58 bits per heavy atom. The van der Waals surface area contributed by atoms with Gasteiger partial charge in [0, 0.05) is 40.8 Å². The number of likely N-dealkylation sites (N-methyl/N-ethyl adjacent to an activating group) is 2. The van der Waals surface area contributed by atoms with Crippen LogP contribution >= 0.6 is 0 Å². The van der Waals surface area contributed by atoms with E-state index in [9.17, 15) is 14.4 Å². The van der Waals surface area contributed by atoms with Gasteiger partial charge >= 0.3 is 0 Å². The maximum absolute atomic E-state index is 12.2. The average Bonchev–Trinajstić information content (AvgIpc) is 2.65. The molecule has 2 atom stereocenters. The molecule has 0 aromatic rings. The van der Waals surface area contributed by atoms with Gasteiger partial charge in [0.05, 0.1) is 12.5 Å². The van der Waals surface area contributed by atoms with E-state index in [-0.39, 0.29) is 30.2 Å². The van der Waals surface area contributed by atoms with E-state index in [0.717, 1.165) is 11.4 Å². The lowest BCUT2D eigenvalue weighted by Crippen LogP contribution is -2.61. The number of hydrogen-bond acceptors (Lipinski definition) is 5. The lowest BCUT2D eigenvalue weighted by molar-refractivity contribution is -0.140. The molecule has 0 aliphatic carbocycles. The lowest BCUT2D eigenvalue weighted by atomic mass is 10.1. The quantitative estimate of drug-likeness (QED) is 0.593. The number of piperazine rings is 1. The second kappa shape index (κ2) is 5.26. The molecule has 0 spiro atoms. The molecule has 7 heteroatoms. The van der Waals surface area contributed by atoms with Crippen LogP contribution in [0.5, 0.6) is 0 Å². The second-order valence-corrected chi connectivity index (χ2v) is 5.20. The number of carbonyl (C=O) groups is 3. The van der Waals surface area contributed by atoms with Crippen molar-refractivity contribution in [1.82, 2.24) is 20.0 Å². The van der Waals surface area contributed by atoms with Crippen molar-refractivity contribution in [2.75, 3.05) is 40.8 Å². The van der Waals surface area contributed by atoms with Gasteiger partial charge in [-0.25, -0.2) is 0 Å². The molecule has 0 aromatic carbocycles. The van der Waals surface area contributed by atoms with Crippen molar-refractivity contribution in [1.29, 1.82) is 0 Å². The summed E-state index contributed by atoms with van der Waals surface area (Å²) in [4.78, 5) is 40.4. The first-order chi connectivity index (χ1) is 8.93. The van der Waals surface area contributed by atoms with Crippen molar-refractivity contribution in [3.05, 3.63) is 0 Å². The largest absolute Gasteiger partial charge is 0.347 e. The van der Waals surface area contributed by atoms with E-state index in [4.69, 9.17) is 0 Å². The highest BCUT2D eigenvalue weighted by Crippen LogP contribution is 2.21. The van der Waals surface area contributed by atoms with Crippen LogP contribution in [0.25, 0.3) is 0 Å². The first-order valence-electron chi connectivity index (χ1n) is 6.41. The summed E-state index contributed by atoms with van der Waals surface area (Å²) in [5.41, 5.74) is 0. The predicted octanol–water partition coefficient (Wildman–Crippen LogP) is -1.89. The minimum absolute atomic E-state index is 0.0398. The fraction of sp³-hybridized carbons (Fsp3) is 0.750. The van der Waals surface area contributed by atoms with Crippen molar-refractivity contribution >= 4 is 17.7 Å². The van der Waals surface area contributed by atoms with Gasteiger partial charge in [0.1, 0.15) is 6.04 Å². The molecule has 106 valence electrons. The standard InChI is InChI=1S/C12H20N4O3/c1-14(2)11(18)9-7-13-4-5-16(9)8-6-10(17)15(3)12(8)19/h8-9,13H,4-7H2,1-3H3. The second-order valence-electron chi connectivity index (χ2n) is 5.20. The van der Waals surface area contributed by atoms with Crippen LogP contribution in [-0.4, -0.2) is 85.3 Å². The SMILES string of the molecule is CN(C)C(=O)C1CNCCN1C1CC(=O)N(C)C1=O. The van der Waals surface area contributed by atoms with Crippen LogP contribution in [0.3, 0.4) is 0 Å². The highest BCUT2D eigenvalue weighted by molar-refractivity contribution is 6.05. The molecule has 0 saturated carbocycles. The molecule has 2 aliphatic heterocycles. The number of rotatable bonds is 2. The molecule has 7 nitrogen and oxygen atoms in total. The molecule has 2 saturated heterocycles. The van der Waals surface area contributed by atoms with Crippen molar-refractivity contribution in [2.45, 2.75) is 18.5 Å². The zero-order chi connectivity index (χ0) is 14.2. The molecule has 0 aromatic heterocycles. The van der Waals surface area contributed by atoms with E-state index in [0.29, 0.717) is 13.1 Å². The van der Waals surface area contributed by atoms with E-state index < -0.39 is 6.04 Å². The Bertz CT molecular complexity index is 410. The van der Waals surface area contributed by atoms with Gasteiger partial charge < -0.3 is 10.2 Å². The highest BCUT2D eigenvalue weighted by Gasteiger charge is 2.44. The van der Waals surface area contributed by atoms with E-state index in [1.54, 1.807) is 14.1 Å². The van der Waals surface area contributed by atoms with Gasteiger partial charge in [-0.15, -0.1) is 0 Å². The Hall–Kier alpha value is -1.47. The van der Waals surface area contributed by atoms with Crippen LogP contribution in [0, 0.1) is 0 Å². The summed E-state index contributed by atoms with van der Waals surface area (Å²) >= 11 is 0. The van der Waals surface area contributed by atoms with Crippen LogP contribution in [0.1, 0.15) is 6.42 Å². The van der Waals surface area contributed by atoms with Crippen molar-refractivity contribution in [3.63, 3.8) is 0 Å². The van der Waals surface area contributed by atoms with E-state index in [2.05, 4.69) is 5.32 Å². The maximum atomic E-state index is 12.2. The zero-order valence-corrected chi connectivity index (χ0v) is 11.5. The van der Waals surface area contributed by atoms with Gasteiger partial charge in [-0.3, -0.25) is 24.2 Å². The topological polar surface area (TPSA) is 73.0 Å². The molecule has 2 rings (SSSR count).